The van der Waals surface area contributed by atoms with Crippen LogP contribution >= 0.6 is 11.3 Å². The number of rotatable bonds is 7. The van der Waals surface area contributed by atoms with Crippen LogP contribution in [-0.2, 0) is 4.79 Å². The van der Waals surface area contributed by atoms with Crippen molar-refractivity contribution >= 4 is 56.5 Å². The van der Waals surface area contributed by atoms with Crippen molar-refractivity contribution in [3.63, 3.8) is 0 Å². The summed E-state index contributed by atoms with van der Waals surface area (Å²) >= 11 is 1.01. The fraction of sp³-hybridized carbons (Fsp3) is 0. The van der Waals surface area contributed by atoms with Crippen LogP contribution in [-0.4, -0.2) is 27.0 Å². The predicted octanol–water partition coefficient (Wildman–Crippen LogP) is 4.93. The van der Waals surface area contributed by atoms with Gasteiger partial charge in [0.05, 0.1) is 27.4 Å². The maximum absolute atomic E-state index is 13.6. The van der Waals surface area contributed by atoms with Crippen molar-refractivity contribution in [3.8, 4) is 0 Å². The maximum atomic E-state index is 13.6. The van der Waals surface area contributed by atoms with E-state index in [1.807, 2.05) is 0 Å². The van der Waals surface area contributed by atoms with E-state index in [2.05, 4.69) is 10.1 Å². The molecule has 170 valence electrons. The van der Waals surface area contributed by atoms with Crippen LogP contribution in [0.2, 0.25) is 0 Å². The lowest BCUT2D eigenvalue weighted by atomic mass is 10.2. The number of halogens is 1. The second-order valence-electron chi connectivity index (χ2n) is 6.62. The van der Waals surface area contributed by atoms with Crippen molar-refractivity contribution < 1.29 is 23.4 Å². The van der Waals surface area contributed by atoms with E-state index >= 15 is 0 Å². The van der Waals surface area contributed by atoms with E-state index in [0.29, 0.717) is 15.8 Å². The Morgan fingerprint density at radius 3 is 2.53 bits per heavy atom. The van der Waals surface area contributed by atoms with E-state index < -0.39 is 27.5 Å². The van der Waals surface area contributed by atoms with E-state index in [9.17, 15) is 29.4 Å². The number of hydrogen-bond donors (Lipinski definition) is 0. The first-order valence-electron chi connectivity index (χ1n) is 9.41. The number of carbonyl (C=O) groups is 1. The Kier molecular flexibility index (Phi) is 6.18. The lowest BCUT2D eigenvalue weighted by Gasteiger charge is -2.10. The molecule has 0 spiro atoms. The molecule has 0 aliphatic carbocycles. The summed E-state index contributed by atoms with van der Waals surface area (Å²) in [5.41, 5.74) is 0.877. The molecule has 2 aromatic heterocycles. The van der Waals surface area contributed by atoms with Crippen LogP contribution in [0.1, 0.15) is 11.3 Å². The molecule has 0 N–H and O–H groups in total. The van der Waals surface area contributed by atoms with E-state index in [4.69, 9.17) is 4.42 Å². The number of nitrogens with zero attached hydrogens (tertiary/aromatic N) is 5. The molecule has 0 atom stereocenters. The molecule has 0 saturated carbocycles. The number of hydrogen-bond acceptors (Lipinski definition) is 9. The van der Waals surface area contributed by atoms with Gasteiger partial charge in [-0.05, 0) is 48.0 Å². The van der Waals surface area contributed by atoms with Gasteiger partial charge in [0.2, 0.25) is 5.13 Å². The summed E-state index contributed by atoms with van der Waals surface area (Å²) in [5, 5.41) is 26.7. The summed E-state index contributed by atoms with van der Waals surface area (Å²) in [6, 6.07) is 11.9. The number of furan rings is 1. The first-order chi connectivity index (χ1) is 16.3. The van der Waals surface area contributed by atoms with Gasteiger partial charge < -0.3 is 4.42 Å². The van der Waals surface area contributed by atoms with E-state index in [0.717, 1.165) is 28.6 Å². The molecule has 1 amide bonds. The van der Waals surface area contributed by atoms with Gasteiger partial charge in [0.15, 0.2) is 5.76 Å². The Balaban J connectivity index is 1.65. The highest BCUT2D eigenvalue weighted by Crippen LogP contribution is 2.30. The molecule has 0 unspecified atom stereocenters. The molecule has 34 heavy (non-hydrogen) atoms. The number of non-ortho nitro benzene ring substituents is 1. The van der Waals surface area contributed by atoms with Crippen molar-refractivity contribution in [1.82, 2.24) is 4.98 Å². The van der Waals surface area contributed by atoms with Crippen molar-refractivity contribution in [2.75, 3.05) is 5.01 Å². The Morgan fingerprint density at radius 2 is 1.85 bits per heavy atom. The Morgan fingerprint density at radius 1 is 1.09 bits per heavy atom. The third kappa shape index (κ3) is 4.99. The number of fused-ring (bicyclic) bond motifs is 1. The van der Waals surface area contributed by atoms with Gasteiger partial charge in [-0.1, -0.05) is 11.3 Å². The first-order valence-corrected chi connectivity index (χ1v) is 10.2. The summed E-state index contributed by atoms with van der Waals surface area (Å²) in [5.74, 6) is -1.58. The van der Waals surface area contributed by atoms with Crippen LogP contribution in [0.15, 0.2) is 70.2 Å². The standard InChI is InChI=1S/C21H12FN5O6S/c22-14-4-8-17-18(11-14)34-21(24-17)25(23-12-16-7-10-20(33-16)27(31)32)19(28)9-3-13-1-5-15(6-2-13)26(29)30/h1-12H/b9-3-,23-12+. The SMILES string of the molecule is O=C(/C=C\c1ccc([N+](=O)[O-])cc1)N(/N=C/c1ccc([N+](=O)[O-])o1)c1nc2ccc(F)cc2s1. The van der Waals surface area contributed by atoms with E-state index in [-0.39, 0.29) is 16.6 Å². The molecular weight excluding hydrogens is 469 g/mol. The molecule has 4 aromatic rings. The summed E-state index contributed by atoms with van der Waals surface area (Å²) in [4.78, 5) is 37.6. The number of nitro benzene ring substituents is 1. The van der Waals surface area contributed by atoms with Gasteiger partial charge in [0.25, 0.3) is 11.6 Å². The van der Waals surface area contributed by atoms with Gasteiger partial charge in [-0.3, -0.25) is 25.0 Å². The fourth-order valence-electron chi connectivity index (χ4n) is 2.75. The first kappa shape index (κ1) is 22.4. The third-order valence-corrected chi connectivity index (χ3v) is 5.34. The average Bonchev–Trinajstić information content (AvgIpc) is 3.45. The quantitative estimate of drug-likeness (QED) is 0.157. The zero-order chi connectivity index (χ0) is 24.2. The van der Waals surface area contributed by atoms with Crippen LogP contribution < -0.4 is 5.01 Å². The van der Waals surface area contributed by atoms with Crippen molar-refractivity contribution in [1.29, 1.82) is 0 Å². The monoisotopic (exact) mass is 481 g/mol. The van der Waals surface area contributed by atoms with Gasteiger partial charge in [-0.25, -0.2) is 9.37 Å². The summed E-state index contributed by atoms with van der Waals surface area (Å²) in [6.45, 7) is 0. The zero-order valence-electron chi connectivity index (χ0n) is 16.9. The van der Waals surface area contributed by atoms with Gasteiger partial charge in [-0.15, -0.1) is 0 Å². The second kappa shape index (κ2) is 9.38. The van der Waals surface area contributed by atoms with Gasteiger partial charge in [0.1, 0.15) is 10.7 Å². The van der Waals surface area contributed by atoms with E-state index in [1.54, 1.807) is 0 Å². The summed E-state index contributed by atoms with van der Waals surface area (Å²) < 4.78 is 19.1. The molecule has 0 aliphatic rings. The number of carbonyl (C=O) groups excluding carboxylic acids is 1. The highest BCUT2D eigenvalue weighted by atomic mass is 32.1. The fourth-order valence-corrected chi connectivity index (χ4v) is 3.70. The van der Waals surface area contributed by atoms with E-state index in [1.165, 1.54) is 60.7 Å². The minimum atomic E-state index is -0.713. The maximum Gasteiger partial charge on any atom is 0.433 e. The highest BCUT2D eigenvalue weighted by molar-refractivity contribution is 7.22. The van der Waals surface area contributed by atoms with Gasteiger partial charge >= 0.3 is 5.88 Å². The summed E-state index contributed by atoms with van der Waals surface area (Å²) in [7, 11) is 0. The van der Waals surface area contributed by atoms with Gasteiger partial charge in [-0.2, -0.15) is 10.1 Å². The number of aromatic nitrogens is 1. The number of nitro groups is 2. The lowest BCUT2D eigenvalue weighted by molar-refractivity contribution is -0.402. The van der Waals surface area contributed by atoms with Crippen LogP contribution in [0.3, 0.4) is 0 Å². The van der Waals surface area contributed by atoms with Crippen molar-refractivity contribution in [2.45, 2.75) is 0 Å². The van der Waals surface area contributed by atoms with Crippen LogP contribution in [0.25, 0.3) is 16.3 Å². The van der Waals surface area contributed by atoms with Crippen molar-refractivity contribution in [3.05, 3.63) is 98.0 Å². The molecule has 0 fully saturated rings. The average molecular weight is 481 g/mol. The van der Waals surface area contributed by atoms with Crippen LogP contribution in [0, 0.1) is 26.0 Å². The topological polar surface area (TPSA) is 145 Å². The highest BCUT2D eigenvalue weighted by Gasteiger charge is 2.18. The molecule has 0 aliphatic heterocycles. The minimum absolute atomic E-state index is 0.0241. The number of benzene rings is 2. The molecule has 0 saturated heterocycles. The second-order valence-corrected chi connectivity index (χ2v) is 7.63. The molecule has 0 bridgehead atoms. The van der Waals surface area contributed by atoms with Crippen molar-refractivity contribution in [2.24, 2.45) is 5.10 Å². The largest absolute Gasteiger partial charge is 0.433 e. The van der Waals surface area contributed by atoms with Gasteiger partial charge in [0, 0.05) is 18.2 Å². The molecular formula is C21H12FN5O6S. The lowest BCUT2D eigenvalue weighted by Crippen LogP contribution is -2.23. The number of amides is 1. The Hall–Kier alpha value is -4.78. The molecule has 2 heterocycles. The predicted molar refractivity (Wildman–Crippen MR) is 122 cm³/mol. The zero-order valence-corrected chi connectivity index (χ0v) is 17.7. The molecule has 0 radical (unpaired) electrons. The van der Waals surface area contributed by atoms with Crippen LogP contribution in [0.4, 0.5) is 21.1 Å². The smallest absolute Gasteiger partial charge is 0.400 e. The Bertz CT molecular complexity index is 1460. The number of hydrazone groups is 1. The Labute approximate surface area is 193 Å². The number of thiazole rings is 1. The van der Waals surface area contributed by atoms with Crippen LogP contribution in [0.5, 0.6) is 0 Å². The molecule has 2 aromatic carbocycles. The third-order valence-electron chi connectivity index (χ3n) is 4.34. The molecule has 11 nitrogen and oxygen atoms in total. The normalized spacial score (nSPS) is 11.4. The number of anilines is 1. The summed E-state index contributed by atoms with van der Waals surface area (Å²) in [6.07, 6.45) is 3.71. The molecule has 4 rings (SSSR count). The molecule has 13 heteroatoms. The minimum Gasteiger partial charge on any atom is -0.400 e.